The Morgan fingerprint density at radius 2 is 1.81 bits per heavy atom. The maximum atomic E-state index is 13.8. The minimum Gasteiger partial charge on any atom is -0.447 e. The number of benzene rings is 2. The van der Waals surface area contributed by atoms with Crippen molar-refractivity contribution in [3.63, 3.8) is 0 Å². The first-order chi connectivity index (χ1) is 12.8. The van der Waals surface area contributed by atoms with E-state index >= 15 is 0 Å². The van der Waals surface area contributed by atoms with Gasteiger partial charge in [-0.25, -0.2) is 18.0 Å². The molecule has 0 fully saturated rings. The molecule has 0 spiro atoms. The van der Waals surface area contributed by atoms with Crippen LogP contribution in [0.1, 0.15) is 23.0 Å². The molecule has 1 aromatic heterocycles. The molecule has 27 heavy (non-hydrogen) atoms. The van der Waals surface area contributed by atoms with E-state index < -0.39 is 35.4 Å². The van der Waals surface area contributed by atoms with Crippen LogP contribution in [0.3, 0.4) is 0 Å². The summed E-state index contributed by atoms with van der Waals surface area (Å²) in [6, 6.07) is 7.08. The molecule has 0 saturated carbocycles. The number of carbonyl (C=O) groups is 2. The van der Waals surface area contributed by atoms with E-state index in [1.165, 1.54) is 19.1 Å². The summed E-state index contributed by atoms with van der Waals surface area (Å²) in [6.45, 7) is 2.86. The average molecular weight is 377 g/mol. The van der Waals surface area contributed by atoms with Crippen LogP contribution in [0.2, 0.25) is 0 Å². The van der Waals surface area contributed by atoms with E-state index in [1.807, 2.05) is 0 Å². The molecular weight excluding hydrogens is 363 g/mol. The third-order valence-corrected chi connectivity index (χ3v) is 3.94. The molecule has 0 aliphatic heterocycles. The number of hydrogen-bond acceptors (Lipinski definition) is 4. The molecule has 0 saturated heterocycles. The van der Waals surface area contributed by atoms with Crippen molar-refractivity contribution in [3.8, 4) is 0 Å². The van der Waals surface area contributed by atoms with Crippen LogP contribution in [0.15, 0.2) is 40.8 Å². The number of carbonyl (C=O) groups excluding carboxylic acids is 2. The van der Waals surface area contributed by atoms with Crippen molar-refractivity contribution in [2.45, 2.75) is 20.0 Å². The maximum Gasteiger partial charge on any atom is 0.375 e. The smallest absolute Gasteiger partial charge is 0.375 e. The van der Waals surface area contributed by atoms with Gasteiger partial charge in [0.25, 0.3) is 5.91 Å². The summed E-state index contributed by atoms with van der Waals surface area (Å²) in [7, 11) is 0. The molecule has 1 heterocycles. The number of esters is 1. The van der Waals surface area contributed by atoms with Gasteiger partial charge in [-0.15, -0.1) is 0 Å². The molecule has 1 atom stereocenters. The second-order valence-corrected chi connectivity index (χ2v) is 5.84. The molecular formula is C19H14F3NO4. The minimum atomic E-state index is -1.26. The van der Waals surface area contributed by atoms with Gasteiger partial charge in [0, 0.05) is 22.7 Å². The first-order valence-corrected chi connectivity index (χ1v) is 7.92. The number of para-hydroxylation sites is 1. The highest BCUT2D eigenvalue weighted by atomic mass is 19.2. The molecule has 0 unspecified atom stereocenters. The van der Waals surface area contributed by atoms with Crippen LogP contribution in [-0.4, -0.2) is 18.0 Å². The molecule has 1 N–H and O–H groups in total. The minimum absolute atomic E-state index is 0.00351. The maximum absolute atomic E-state index is 13.8. The molecule has 0 radical (unpaired) electrons. The molecule has 0 bridgehead atoms. The van der Waals surface area contributed by atoms with Gasteiger partial charge in [0.05, 0.1) is 0 Å². The van der Waals surface area contributed by atoms with E-state index in [-0.39, 0.29) is 17.0 Å². The van der Waals surface area contributed by atoms with Crippen molar-refractivity contribution in [2.75, 3.05) is 5.32 Å². The number of halogens is 3. The van der Waals surface area contributed by atoms with Crippen molar-refractivity contribution in [1.82, 2.24) is 0 Å². The summed E-state index contributed by atoms with van der Waals surface area (Å²) in [6.07, 6.45) is -1.26. The van der Waals surface area contributed by atoms with Crippen molar-refractivity contribution in [2.24, 2.45) is 0 Å². The van der Waals surface area contributed by atoms with Crippen molar-refractivity contribution in [1.29, 1.82) is 0 Å². The Kier molecular flexibility index (Phi) is 4.89. The lowest BCUT2D eigenvalue weighted by Crippen LogP contribution is -2.30. The largest absolute Gasteiger partial charge is 0.447 e. The number of fused-ring (bicyclic) bond motifs is 1. The van der Waals surface area contributed by atoms with Crippen LogP contribution in [0.25, 0.3) is 11.0 Å². The van der Waals surface area contributed by atoms with Crippen LogP contribution in [0.4, 0.5) is 18.9 Å². The van der Waals surface area contributed by atoms with Crippen LogP contribution in [-0.2, 0) is 9.53 Å². The molecule has 5 nitrogen and oxygen atoms in total. The fourth-order valence-electron chi connectivity index (χ4n) is 2.49. The Bertz CT molecular complexity index is 1040. The van der Waals surface area contributed by atoms with Gasteiger partial charge in [-0.05, 0) is 32.0 Å². The Morgan fingerprint density at radius 1 is 1.07 bits per heavy atom. The van der Waals surface area contributed by atoms with Crippen LogP contribution >= 0.6 is 0 Å². The molecule has 1 amide bonds. The summed E-state index contributed by atoms with van der Waals surface area (Å²) < 4.78 is 50.2. The van der Waals surface area contributed by atoms with Gasteiger partial charge < -0.3 is 14.5 Å². The zero-order valence-electron chi connectivity index (χ0n) is 14.3. The van der Waals surface area contributed by atoms with Gasteiger partial charge in [-0.3, -0.25) is 4.79 Å². The molecule has 8 heteroatoms. The SMILES string of the molecule is Cc1c(C(=O)O[C@H](C)C(=O)Nc2ccc(F)c(F)c2)oc2c(F)cccc12. The summed E-state index contributed by atoms with van der Waals surface area (Å²) >= 11 is 0. The molecule has 3 rings (SSSR count). The van der Waals surface area contributed by atoms with Gasteiger partial charge in [-0.2, -0.15) is 0 Å². The average Bonchev–Trinajstić information content (AvgIpc) is 2.96. The highest BCUT2D eigenvalue weighted by molar-refractivity contribution is 5.99. The van der Waals surface area contributed by atoms with Crippen molar-refractivity contribution in [3.05, 3.63) is 65.2 Å². The van der Waals surface area contributed by atoms with Crippen molar-refractivity contribution < 1.29 is 31.9 Å². The zero-order valence-corrected chi connectivity index (χ0v) is 14.3. The Morgan fingerprint density at radius 3 is 2.48 bits per heavy atom. The molecule has 2 aromatic carbocycles. The van der Waals surface area contributed by atoms with E-state index in [2.05, 4.69) is 5.32 Å². The summed E-state index contributed by atoms with van der Waals surface area (Å²) in [5, 5.41) is 2.72. The van der Waals surface area contributed by atoms with E-state index in [0.29, 0.717) is 10.9 Å². The lowest BCUT2D eigenvalue weighted by molar-refractivity contribution is -0.123. The normalized spacial score (nSPS) is 12.0. The highest BCUT2D eigenvalue weighted by Gasteiger charge is 2.25. The van der Waals surface area contributed by atoms with Gasteiger partial charge in [0.15, 0.2) is 29.1 Å². The summed E-state index contributed by atoms with van der Waals surface area (Å²) in [5.41, 5.74) is 0.298. The lowest BCUT2D eigenvalue weighted by atomic mass is 10.1. The summed E-state index contributed by atoms with van der Waals surface area (Å²) in [5.74, 6) is -4.73. The number of ether oxygens (including phenoxy) is 1. The van der Waals surface area contributed by atoms with E-state index in [1.54, 1.807) is 13.0 Å². The van der Waals surface area contributed by atoms with E-state index in [0.717, 1.165) is 18.2 Å². The predicted octanol–water partition coefficient (Wildman–Crippen LogP) is 4.34. The van der Waals surface area contributed by atoms with Crippen LogP contribution in [0.5, 0.6) is 0 Å². The first-order valence-electron chi connectivity index (χ1n) is 7.92. The standard InChI is InChI=1S/C19H14F3NO4/c1-9-12-4-3-5-14(21)17(12)27-16(9)19(25)26-10(2)18(24)23-11-6-7-13(20)15(22)8-11/h3-8,10H,1-2H3,(H,23,24)/t10-/m1/s1. The second kappa shape index (κ2) is 7.14. The third-order valence-electron chi connectivity index (χ3n) is 3.94. The second-order valence-electron chi connectivity index (χ2n) is 5.84. The lowest BCUT2D eigenvalue weighted by Gasteiger charge is -2.13. The number of rotatable bonds is 4. The van der Waals surface area contributed by atoms with Gasteiger partial charge in [-0.1, -0.05) is 12.1 Å². The van der Waals surface area contributed by atoms with E-state index in [9.17, 15) is 22.8 Å². The number of furan rings is 1. The van der Waals surface area contributed by atoms with Crippen molar-refractivity contribution >= 4 is 28.5 Å². The highest BCUT2D eigenvalue weighted by Crippen LogP contribution is 2.28. The number of anilines is 1. The Balaban J connectivity index is 1.73. The third kappa shape index (κ3) is 3.64. The number of nitrogens with one attached hydrogen (secondary N) is 1. The Labute approximate surface area is 151 Å². The number of aryl methyl sites for hydroxylation is 1. The zero-order chi connectivity index (χ0) is 19.7. The summed E-state index contributed by atoms with van der Waals surface area (Å²) in [4.78, 5) is 24.4. The monoisotopic (exact) mass is 377 g/mol. The van der Waals surface area contributed by atoms with Crippen LogP contribution in [0, 0.1) is 24.4 Å². The molecule has 0 aliphatic rings. The quantitative estimate of drug-likeness (QED) is 0.687. The topological polar surface area (TPSA) is 68.5 Å². The fraction of sp³-hybridized carbons (Fsp3) is 0.158. The predicted molar refractivity (Wildman–Crippen MR) is 90.8 cm³/mol. The fourth-order valence-corrected chi connectivity index (χ4v) is 2.49. The molecule has 0 aliphatic carbocycles. The van der Waals surface area contributed by atoms with Gasteiger partial charge in [0.2, 0.25) is 5.76 Å². The molecule has 140 valence electrons. The number of hydrogen-bond donors (Lipinski definition) is 1. The Hall–Kier alpha value is -3.29. The first kappa shape index (κ1) is 18.5. The van der Waals surface area contributed by atoms with Gasteiger partial charge in [0.1, 0.15) is 0 Å². The van der Waals surface area contributed by atoms with E-state index in [4.69, 9.17) is 9.15 Å². The van der Waals surface area contributed by atoms with Crippen LogP contribution < -0.4 is 5.32 Å². The number of amides is 1. The molecule has 3 aromatic rings. The van der Waals surface area contributed by atoms with Gasteiger partial charge >= 0.3 is 5.97 Å².